The molecule has 1 fully saturated rings. The molecule has 1 saturated heterocycles. The standard InChI is InChI=1S/C20H21BrN2O7S/c1-13-2-4-15(31(27,28)23-6-8-29-9-7-23)11-17(13)22-19(25)12-30-20(26)16-10-14(21)3-5-18(16)24/h2-5,10-11,24H,6-9,12H2,1H3,(H,22,25). The van der Waals surface area contributed by atoms with Crippen molar-refractivity contribution in [3.05, 3.63) is 52.0 Å². The molecule has 3 rings (SSSR count). The number of nitrogens with zero attached hydrogens (tertiary/aromatic N) is 1. The second-order valence-corrected chi connectivity index (χ2v) is 9.63. The molecule has 0 aromatic heterocycles. The molecule has 2 aromatic carbocycles. The number of carbonyl (C=O) groups excluding carboxylic acids is 2. The summed E-state index contributed by atoms with van der Waals surface area (Å²) < 4.78 is 37.7. The highest BCUT2D eigenvalue weighted by atomic mass is 79.9. The van der Waals surface area contributed by atoms with Gasteiger partial charge in [0.1, 0.15) is 11.3 Å². The summed E-state index contributed by atoms with van der Waals surface area (Å²) in [5.41, 5.74) is 0.850. The molecule has 166 valence electrons. The molecule has 0 saturated carbocycles. The lowest BCUT2D eigenvalue weighted by Gasteiger charge is -2.26. The molecule has 31 heavy (non-hydrogen) atoms. The van der Waals surface area contributed by atoms with E-state index in [9.17, 15) is 23.1 Å². The van der Waals surface area contributed by atoms with Crippen LogP contribution in [0.5, 0.6) is 5.75 Å². The lowest BCUT2D eigenvalue weighted by atomic mass is 10.2. The van der Waals surface area contributed by atoms with Crippen LogP contribution in [0.3, 0.4) is 0 Å². The number of amides is 1. The first-order valence-electron chi connectivity index (χ1n) is 9.32. The fourth-order valence-electron chi connectivity index (χ4n) is 2.90. The Morgan fingerprint density at radius 3 is 2.61 bits per heavy atom. The van der Waals surface area contributed by atoms with Gasteiger partial charge in [-0.1, -0.05) is 22.0 Å². The Morgan fingerprint density at radius 1 is 1.19 bits per heavy atom. The summed E-state index contributed by atoms with van der Waals surface area (Å²) in [6.07, 6.45) is 0. The van der Waals surface area contributed by atoms with Gasteiger partial charge in [-0.05, 0) is 42.8 Å². The van der Waals surface area contributed by atoms with Crippen LogP contribution in [0.25, 0.3) is 0 Å². The molecule has 0 atom stereocenters. The highest BCUT2D eigenvalue weighted by Crippen LogP contribution is 2.24. The van der Waals surface area contributed by atoms with E-state index in [4.69, 9.17) is 9.47 Å². The summed E-state index contributed by atoms with van der Waals surface area (Å²) in [5, 5.41) is 12.3. The number of benzene rings is 2. The molecule has 1 aliphatic rings. The van der Waals surface area contributed by atoms with Gasteiger partial charge in [0.15, 0.2) is 6.61 Å². The average Bonchev–Trinajstić information content (AvgIpc) is 2.75. The maximum absolute atomic E-state index is 12.8. The quantitative estimate of drug-likeness (QED) is 0.569. The Bertz CT molecular complexity index is 1100. The minimum atomic E-state index is -3.72. The lowest BCUT2D eigenvalue weighted by molar-refractivity contribution is -0.119. The van der Waals surface area contributed by atoms with Crippen LogP contribution in [0.15, 0.2) is 45.8 Å². The summed E-state index contributed by atoms with van der Waals surface area (Å²) in [4.78, 5) is 24.5. The van der Waals surface area contributed by atoms with Crippen LogP contribution in [0.2, 0.25) is 0 Å². The normalized spacial score (nSPS) is 14.8. The molecule has 1 amide bonds. The van der Waals surface area contributed by atoms with Crippen molar-refractivity contribution in [2.45, 2.75) is 11.8 Å². The number of morpholine rings is 1. The number of esters is 1. The number of phenolic OH excluding ortho intramolecular Hbond substituents is 1. The van der Waals surface area contributed by atoms with Crippen molar-refractivity contribution in [3.63, 3.8) is 0 Å². The van der Waals surface area contributed by atoms with E-state index >= 15 is 0 Å². The van der Waals surface area contributed by atoms with Crippen molar-refractivity contribution >= 4 is 43.5 Å². The van der Waals surface area contributed by atoms with Crippen LogP contribution in [-0.2, 0) is 24.3 Å². The van der Waals surface area contributed by atoms with E-state index in [1.807, 2.05) is 0 Å². The highest BCUT2D eigenvalue weighted by Gasteiger charge is 2.27. The fraction of sp³-hybridized carbons (Fsp3) is 0.300. The Kier molecular flexibility index (Phi) is 7.31. The Labute approximate surface area is 188 Å². The summed E-state index contributed by atoms with van der Waals surface area (Å²) >= 11 is 3.19. The number of halogens is 1. The molecular weight excluding hydrogens is 492 g/mol. The number of carbonyl (C=O) groups is 2. The number of sulfonamides is 1. The number of aromatic hydroxyl groups is 1. The van der Waals surface area contributed by atoms with Crippen LogP contribution in [0, 0.1) is 6.92 Å². The number of rotatable bonds is 6. The fourth-order valence-corrected chi connectivity index (χ4v) is 4.69. The van der Waals surface area contributed by atoms with Crippen LogP contribution < -0.4 is 5.32 Å². The maximum Gasteiger partial charge on any atom is 0.342 e. The first-order chi connectivity index (χ1) is 14.7. The van der Waals surface area contributed by atoms with Gasteiger partial charge in [-0.15, -0.1) is 0 Å². The van der Waals surface area contributed by atoms with E-state index < -0.39 is 28.5 Å². The second-order valence-electron chi connectivity index (χ2n) is 6.78. The number of nitrogens with one attached hydrogen (secondary N) is 1. The Hall–Kier alpha value is -2.47. The average molecular weight is 513 g/mol. The van der Waals surface area contributed by atoms with Gasteiger partial charge in [0.05, 0.1) is 18.1 Å². The molecule has 1 heterocycles. The molecule has 0 radical (unpaired) electrons. The van der Waals surface area contributed by atoms with Gasteiger partial charge in [0.25, 0.3) is 5.91 Å². The van der Waals surface area contributed by atoms with Gasteiger partial charge in [-0.25, -0.2) is 13.2 Å². The molecule has 0 spiro atoms. The lowest BCUT2D eigenvalue weighted by Crippen LogP contribution is -2.40. The first-order valence-corrected chi connectivity index (χ1v) is 11.6. The Morgan fingerprint density at radius 2 is 1.90 bits per heavy atom. The SMILES string of the molecule is Cc1ccc(S(=O)(=O)N2CCOCC2)cc1NC(=O)COC(=O)c1cc(Br)ccc1O. The van der Waals surface area contributed by atoms with Gasteiger partial charge in [-0.2, -0.15) is 4.31 Å². The van der Waals surface area contributed by atoms with E-state index in [1.165, 1.54) is 28.6 Å². The summed E-state index contributed by atoms with van der Waals surface area (Å²) in [5.74, 6) is -1.79. The minimum absolute atomic E-state index is 0.0475. The van der Waals surface area contributed by atoms with E-state index in [0.717, 1.165) is 0 Å². The number of hydrogen-bond acceptors (Lipinski definition) is 7. The van der Waals surface area contributed by atoms with Gasteiger partial charge in [-0.3, -0.25) is 4.79 Å². The largest absolute Gasteiger partial charge is 0.507 e. The van der Waals surface area contributed by atoms with E-state index in [1.54, 1.807) is 19.1 Å². The van der Waals surface area contributed by atoms with Crippen LogP contribution in [0.4, 0.5) is 5.69 Å². The number of phenols is 1. The van der Waals surface area contributed by atoms with Crippen LogP contribution in [0.1, 0.15) is 15.9 Å². The van der Waals surface area contributed by atoms with Crippen molar-refractivity contribution in [2.75, 3.05) is 38.2 Å². The van der Waals surface area contributed by atoms with Gasteiger partial charge in [0, 0.05) is 23.2 Å². The molecule has 1 aliphatic heterocycles. The molecular formula is C20H21BrN2O7S. The monoisotopic (exact) mass is 512 g/mol. The zero-order chi connectivity index (χ0) is 22.6. The number of anilines is 1. The number of hydrogen-bond donors (Lipinski definition) is 2. The van der Waals surface area contributed by atoms with Crippen molar-refractivity contribution in [1.82, 2.24) is 4.31 Å². The topological polar surface area (TPSA) is 122 Å². The van der Waals surface area contributed by atoms with Gasteiger partial charge < -0.3 is 19.9 Å². The van der Waals surface area contributed by atoms with Crippen LogP contribution in [-0.4, -0.2) is 62.6 Å². The molecule has 2 N–H and O–H groups in total. The molecule has 2 aromatic rings. The number of ether oxygens (including phenoxy) is 2. The summed E-state index contributed by atoms with van der Waals surface area (Å²) in [7, 11) is -3.72. The smallest absolute Gasteiger partial charge is 0.342 e. The first kappa shape index (κ1) is 23.2. The van der Waals surface area contributed by atoms with E-state index in [0.29, 0.717) is 28.9 Å². The van der Waals surface area contributed by atoms with Gasteiger partial charge >= 0.3 is 5.97 Å². The maximum atomic E-state index is 12.8. The van der Waals surface area contributed by atoms with Crippen molar-refractivity contribution in [1.29, 1.82) is 0 Å². The zero-order valence-electron chi connectivity index (χ0n) is 16.6. The van der Waals surface area contributed by atoms with Crippen molar-refractivity contribution in [2.24, 2.45) is 0 Å². The third-order valence-corrected chi connectivity index (χ3v) is 6.99. The molecule has 11 heteroatoms. The van der Waals surface area contributed by atoms with Crippen molar-refractivity contribution in [3.8, 4) is 5.75 Å². The zero-order valence-corrected chi connectivity index (χ0v) is 19.0. The highest BCUT2D eigenvalue weighted by molar-refractivity contribution is 9.10. The molecule has 0 unspecified atom stereocenters. The van der Waals surface area contributed by atoms with E-state index in [2.05, 4.69) is 21.2 Å². The summed E-state index contributed by atoms with van der Waals surface area (Å²) in [6.45, 7) is 2.28. The van der Waals surface area contributed by atoms with Gasteiger partial charge in [0.2, 0.25) is 10.0 Å². The third-order valence-electron chi connectivity index (χ3n) is 4.60. The predicted octanol–water partition coefficient (Wildman–Crippen LogP) is 2.28. The Balaban J connectivity index is 1.68. The minimum Gasteiger partial charge on any atom is -0.507 e. The third kappa shape index (κ3) is 5.62. The molecule has 0 aliphatic carbocycles. The van der Waals surface area contributed by atoms with Crippen LogP contribution >= 0.6 is 15.9 Å². The number of aryl methyl sites for hydroxylation is 1. The van der Waals surface area contributed by atoms with E-state index in [-0.39, 0.29) is 29.3 Å². The molecule has 9 nitrogen and oxygen atoms in total. The summed E-state index contributed by atoms with van der Waals surface area (Å²) in [6, 6.07) is 8.70. The second kappa shape index (κ2) is 9.77. The predicted molar refractivity (Wildman–Crippen MR) is 115 cm³/mol. The van der Waals surface area contributed by atoms with Crippen molar-refractivity contribution < 1.29 is 32.6 Å². The molecule has 0 bridgehead atoms.